The lowest BCUT2D eigenvalue weighted by molar-refractivity contribution is 0.102. The van der Waals surface area contributed by atoms with Crippen LogP contribution in [0.15, 0.2) is 48.8 Å². The van der Waals surface area contributed by atoms with Crippen LogP contribution in [0.1, 0.15) is 39.2 Å². The van der Waals surface area contributed by atoms with Crippen LogP contribution in [-0.4, -0.2) is 36.2 Å². The number of fused-ring (bicyclic) bond motifs is 1. The van der Waals surface area contributed by atoms with E-state index in [9.17, 15) is 9.59 Å². The highest BCUT2D eigenvalue weighted by atomic mass is 16.2. The Morgan fingerprint density at radius 2 is 1.83 bits per heavy atom. The van der Waals surface area contributed by atoms with Crippen LogP contribution in [0.2, 0.25) is 0 Å². The monoisotopic (exact) mass is 403 g/mol. The summed E-state index contributed by atoms with van der Waals surface area (Å²) in [5, 5.41) is 14.1. The lowest BCUT2D eigenvalue weighted by atomic mass is 10.2. The smallest absolute Gasteiger partial charge is 0.278 e. The van der Waals surface area contributed by atoms with Gasteiger partial charge in [0.2, 0.25) is 0 Å². The van der Waals surface area contributed by atoms with Crippen molar-refractivity contribution in [1.29, 1.82) is 0 Å². The number of amides is 2. The summed E-state index contributed by atoms with van der Waals surface area (Å²) < 4.78 is 3.21. The molecule has 0 spiro atoms. The first kappa shape index (κ1) is 19.3. The van der Waals surface area contributed by atoms with E-state index in [2.05, 4.69) is 25.8 Å². The Hall–Kier alpha value is -4.01. The molecule has 0 unspecified atom stereocenters. The summed E-state index contributed by atoms with van der Waals surface area (Å²) in [6, 6.07) is 11.0. The Labute approximate surface area is 172 Å². The zero-order valence-corrected chi connectivity index (χ0v) is 16.9. The van der Waals surface area contributed by atoms with E-state index in [4.69, 9.17) is 0 Å². The molecule has 2 N–H and O–H groups in total. The number of carbonyl (C=O) groups is 2. The first-order chi connectivity index (χ1) is 14.5. The third-order valence-corrected chi connectivity index (χ3v) is 4.60. The van der Waals surface area contributed by atoms with Gasteiger partial charge in [0.05, 0.1) is 11.9 Å². The summed E-state index contributed by atoms with van der Waals surface area (Å²) in [6.07, 6.45) is 3.10. The molecule has 0 aliphatic rings. The zero-order valence-electron chi connectivity index (χ0n) is 16.9. The summed E-state index contributed by atoms with van der Waals surface area (Å²) >= 11 is 0. The number of nitrogens with zero attached hydrogens (tertiary/aromatic N) is 5. The predicted molar refractivity (Wildman–Crippen MR) is 113 cm³/mol. The molecule has 0 saturated carbocycles. The molecule has 0 saturated heterocycles. The maximum absolute atomic E-state index is 13.0. The lowest BCUT2D eigenvalue weighted by Crippen LogP contribution is -2.18. The van der Waals surface area contributed by atoms with E-state index in [1.807, 2.05) is 45.0 Å². The highest BCUT2D eigenvalue weighted by Gasteiger charge is 2.22. The third-order valence-electron chi connectivity index (χ3n) is 4.60. The van der Waals surface area contributed by atoms with E-state index in [-0.39, 0.29) is 5.69 Å². The topological polar surface area (TPSA) is 106 Å². The molecule has 0 aliphatic carbocycles. The van der Waals surface area contributed by atoms with Crippen LogP contribution >= 0.6 is 0 Å². The summed E-state index contributed by atoms with van der Waals surface area (Å²) in [7, 11) is 0. The first-order valence-electron chi connectivity index (χ1n) is 9.53. The number of aromatic nitrogens is 5. The van der Waals surface area contributed by atoms with Crippen molar-refractivity contribution in [3.8, 4) is 0 Å². The number of hydrogen-bond donors (Lipinski definition) is 2. The van der Waals surface area contributed by atoms with E-state index in [0.29, 0.717) is 29.1 Å². The molecule has 3 heterocycles. The Morgan fingerprint density at radius 3 is 2.57 bits per heavy atom. The van der Waals surface area contributed by atoms with Gasteiger partial charge in [-0.1, -0.05) is 18.2 Å². The van der Waals surface area contributed by atoms with E-state index < -0.39 is 11.8 Å². The Balaban J connectivity index is 1.64. The molecule has 0 bridgehead atoms. The van der Waals surface area contributed by atoms with Gasteiger partial charge >= 0.3 is 0 Å². The SMILES string of the molecule is CCn1cc(NC(=O)c2cnn3c(C)cc(C)nc23)c(C(=O)Nc2ccccc2)n1. The quantitative estimate of drug-likeness (QED) is 0.533. The van der Waals surface area contributed by atoms with Gasteiger partial charge in [-0.05, 0) is 39.0 Å². The maximum atomic E-state index is 13.0. The fourth-order valence-electron chi connectivity index (χ4n) is 3.17. The van der Waals surface area contributed by atoms with Crippen LogP contribution in [0, 0.1) is 13.8 Å². The molecule has 30 heavy (non-hydrogen) atoms. The molecule has 4 aromatic rings. The number of anilines is 2. The number of carbonyl (C=O) groups excluding carboxylic acids is 2. The molecule has 9 nitrogen and oxygen atoms in total. The van der Waals surface area contributed by atoms with Crippen LogP contribution in [0.3, 0.4) is 0 Å². The minimum absolute atomic E-state index is 0.130. The number of nitrogens with one attached hydrogen (secondary N) is 2. The Morgan fingerprint density at radius 1 is 1.07 bits per heavy atom. The fraction of sp³-hybridized carbons (Fsp3) is 0.190. The molecule has 0 radical (unpaired) electrons. The fourth-order valence-corrected chi connectivity index (χ4v) is 3.17. The largest absolute Gasteiger partial charge is 0.321 e. The summed E-state index contributed by atoms with van der Waals surface area (Å²) in [5.74, 6) is -0.819. The molecule has 0 fully saturated rings. The number of benzene rings is 1. The number of hydrogen-bond acceptors (Lipinski definition) is 5. The van der Waals surface area contributed by atoms with Crippen LogP contribution in [-0.2, 0) is 6.54 Å². The van der Waals surface area contributed by atoms with Gasteiger partial charge in [-0.25, -0.2) is 9.50 Å². The van der Waals surface area contributed by atoms with Crippen molar-refractivity contribution < 1.29 is 9.59 Å². The summed E-state index contributed by atoms with van der Waals surface area (Å²) in [4.78, 5) is 30.2. The van der Waals surface area contributed by atoms with Gasteiger partial charge < -0.3 is 10.6 Å². The molecule has 3 aromatic heterocycles. The molecule has 4 rings (SSSR count). The molecule has 152 valence electrons. The average Bonchev–Trinajstić information content (AvgIpc) is 3.33. The van der Waals surface area contributed by atoms with E-state index >= 15 is 0 Å². The minimum atomic E-state index is -0.410. The van der Waals surface area contributed by atoms with Gasteiger partial charge in [0.1, 0.15) is 5.56 Å². The minimum Gasteiger partial charge on any atom is -0.321 e. The van der Waals surface area contributed by atoms with Crippen LogP contribution < -0.4 is 10.6 Å². The Kier molecular flexibility index (Phi) is 5.01. The summed E-state index contributed by atoms with van der Waals surface area (Å²) in [6.45, 7) is 6.21. The summed E-state index contributed by atoms with van der Waals surface area (Å²) in [5.41, 5.74) is 3.53. The molecule has 0 aliphatic heterocycles. The van der Waals surface area contributed by atoms with Crippen molar-refractivity contribution >= 4 is 28.8 Å². The van der Waals surface area contributed by atoms with Crippen molar-refractivity contribution in [3.05, 3.63) is 71.4 Å². The molecular formula is C21H21N7O2. The van der Waals surface area contributed by atoms with E-state index in [1.54, 1.807) is 27.5 Å². The van der Waals surface area contributed by atoms with E-state index in [1.165, 1.54) is 6.20 Å². The number of para-hydroxylation sites is 1. The van der Waals surface area contributed by atoms with Gasteiger partial charge in [0.15, 0.2) is 11.3 Å². The zero-order chi connectivity index (χ0) is 21.3. The van der Waals surface area contributed by atoms with Crippen LogP contribution in [0.4, 0.5) is 11.4 Å². The predicted octanol–water partition coefficient (Wildman–Crippen LogP) is 3.07. The lowest BCUT2D eigenvalue weighted by Gasteiger charge is -2.06. The Bertz CT molecular complexity index is 1240. The van der Waals surface area contributed by atoms with Crippen LogP contribution in [0.5, 0.6) is 0 Å². The molecule has 0 atom stereocenters. The second kappa shape index (κ2) is 7.78. The molecule has 1 aromatic carbocycles. The standard InChI is InChI=1S/C21H21N7O2/c1-4-27-12-17(18(26-27)21(30)24-15-8-6-5-7-9-15)25-20(29)16-11-22-28-14(3)10-13(2)23-19(16)28/h5-12H,4H2,1-3H3,(H,24,30)(H,25,29). The van der Waals surface area contributed by atoms with E-state index in [0.717, 1.165) is 11.4 Å². The van der Waals surface area contributed by atoms with Gasteiger partial charge in [-0.2, -0.15) is 10.2 Å². The van der Waals surface area contributed by atoms with Gasteiger partial charge in [-0.15, -0.1) is 0 Å². The van der Waals surface area contributed by atoms with Crippen molar-refractivity contribution in [1.82, 2.24) is 24.4 Å². The highest BCUT2D eigenvalue weighted by molar-refractivity contribution is 6.13. The van der Waals surface area contributed by atoms with Gasteiger partial charge in [0, 0.05) is 29.8 Å². The van der Waals surface area contributed by atoms with Gasteiger partial charge in [-0.3, -0.25) is 14.3 Å². The van der Waals surface area contributed by atoms with Gasteiger partial charge in [0.25, 0.3) is 11.8 Å². The average molecular weight is 403 g/mol. The third kappa shape index (κ3) is 3.64. The molecule has 9 heteroatoms. The number of rotatable bonds is 5. The van der Waals surface area contributed by atoms with Crippen LogP contribution in [0.25, 0.3) is 5.65 Å². The van der Waals surface area contributed by atoms with Crippen molar-refractivity contribution in [2.45, 2.75) is 27.3 Å². The first-order valence-corrected chi connectivity index (χ1v) is 9.53. The highest BCUT2D eigenvalue weighted by Crippen LogP contribution is 2.19. The molecular weight excluding hydrogens is 382 g/mol. The normalized spacial score (nSPS) is 10.9. The second-order valence-electron chi connectivity index (χ2n) is 6.85. The van der Waals surface area contributed by atoms with Crippen molar-refractivity contribution in [2.75, 3.05) is 10.6 Å². The molecule has 2 amide bonds. The number of aryl methyl sites for hydroxylation is 3. The second-order valence-corrected chi connectivity index (χ2v) is 6.85. The van der Waals surface area contributed by atoms with Crippen molar-refractivity contribution in [3.63, 3.8) is 0 Å². The van der Waals surface area contributed by atoms with Crippen molar-refractivity contribution in [2.24, 2.45) is 0 Å². The maximum Gasteiger partial charge on any atom is 0.278 e.